The fourth-order valence-corrected chi connectivity index (χ4v) is 2.50. The summed E-state index contributed by atoms with van der Waals surface area (Å²) in [6.07, 6.45) is 0. The van der Waals surface area contributed by atoms with Crippen LogP contribution in [-0.4, -0.2) is 12.4 Å². The monoisotopic (exact) mass is 253 g/mol. The predicted octanol–water partition coefficient (Wildman–Crippen LogP) is 2.68. The van der Waals surface area contributed by atoms with Crippen LogP contribution < -0.4 is 10.5 Å². The van der Waals surface area contributed by atoms with Gasteiger partial charge in [0, 0.05) is 0 Å². The van der Waals surface area contributed by atoms with Crippen LogP contribution in [0.25, 0.3) is 11.1 Å². The summed E-state index contributed by atoms with van der Waals surface area (Å²) in [5.74, 6) is 0.699. The molecule has 0 saturated heterocycles. The Morgan fingerprint density at radius 1 is 1.16 bits per heavy atom. The molecule has 2 aromatic rings. The van der Waals surface area contributed by atoms with Gasteiger partial charge in [-0.2, -0.15) is 0 Å². The van der Waals surface area contributed by atoms with Crippen molar-refractivity contribution in [3.8, 4) is 16.9 Å². The van der Waals surface area contributed by atoms with E-state index in [1.54, 1.807) is 0 Å². The molecule has 19 heavy (non-hydrogen) atoms. The van der Waals surface area contributed by atoms with Crippen LogP contribution in [0.2, 0.25) is 0 Å². The van der Waals surface area contributed by atoms with Crippen molar-refractivity contribution in [2.75, 3.05) is 6.61 Å². The number of nitrogens with two attached hydrogens (primary N) is 1. The SMILES string of the molecule is CC(=O)COc1ccc2c(c1)C(N)c1ccccc1-2. The van der Waals surface area contributed by atoms with Crippen molar-refractivity contribution in [3.63, 3.8) is 0 Å². The molecule has 0 aromatic heterocycles. The van der Waals surface area contributed by atoms with Gasteiger partial charge >= 0.3 is 0 Å². The van der Waals surface area contributed by atoms with Crippen molar-refractivity contribution < 1.29 is 9.53 Å². The Hall–Kier alpha value is -2.13. The van der Waals surface area contributed by atoms with Crippen LogP contribution in [-0.2, 0) is 4.79 Å². The van der Waals surface area contributed by atoms with Gasteiger partial charge in [-0.05, 0) is 41.3 Å². The predicted molar refractivity (Wildman–Crippen MR) is 74.1 cm³/mol. The first kappa shape index (κ1) is 11.9. The third kappa shape index (κ3) is 2.02. The first-order valence-electron chi connectivity index (χ1n) is 6.28. The molecular weight excluding hydrogens is 238 g/mol. The highest BCUT2D eigenvalue weighted by atomic mass is 16.5. The Morgan fingerprint density at radius 3 is 2.68 bits per heavy atom. The van der Waals surface area contributed by atoms with Crippen molar-refractivity contribution in [1.82, 2.24) is 0 Å². The average Bonchev–Trinajstić information content (AvgIpc) is 2.71. The number of Topliss-reactive ketones (excluding diaryl/α,β-unsaturated/α-hetero) is 1. The van der Waals surface area contributed by atoms with E-state index in [-0.39, 0.29) is 18.4 Å². The van der Waals surface area contributed by atoms with Crippen molar-refractivity contribution in [1.29, 1.82) is 0 Å². The smallest absolute Gasteiger partial charge is 0.167 e. The molecule has 3 rings (SSSR count). The molecule has 1 unspecified atom stereocenters. The second kappa shape index (κ2) is 4.52. The molecule has 0 radical (unpaired) electrons. The molecule has 0 aliphatic heterocycles. The lowest BCUT2D eigenvalue weighted by atomic mass is 10.1. The number of ketones is 1. The minimum absolute atomic E-state index is 0.00748. The van der Waals surface area contributed by atoms with Gasteiger partial charge in [0.05, 0.1) is 6.04 Å². The maximum Gasteiger partial charge on any atom is 0.167 e. The minimum atomic E-state index is -0.118. The summed E-state index contributed by atoms with van der Waals surface area (Å²) in [5, 5.41) is 0. The highest BCUT2D eigenvalue weighted by molar-refractivity contribution is 5.79. The highest BCUT2D eigenvalue weighted by Gasteiger charge is 2.25. The van der Waals surface area contributed by atoms with Gasteiger partial charge in [-0.15, -0.1) is 0 Å². The molecule has 1 aliphatic carbocycles. The van der Waals surface area contributed by atoms with Crippen LogP contribution in [0.3, 0.4) is 0 Å². The minimum Gasteiger partial charge on any atom is -0.486 e. The van der Waals surface area contributed by atoms with Gasteiger partial charge in [0.1, 0.15) is 12.4 Å². The highest BCUT2D eigenvalue weighted by Crippen LogP contribution is 2.43. The number of hydrogen-bond acceptors (Lipinski definition) is 3. The van der Waals surface area contributed by atoms with E-state index in [1.165, 1.54) is 12.5 Å². The van der Waals surface area contributed by atoms with Crippen LogP contribution in [0.1, 0.15) is 24.1 Å². The summed E-state index contributed by atoms with van der Waals surface area (Å²) in [5.41, 5.74) is 10.8. The van der Waals surface area contributed by atoms with Crippen molar-refractivity contribution >= 4 is 5.78 Å². The fourth-order valence-electron chi connectivity index (χ4n) is 2.50. The van der Waals surface area contributed by atoms with Crippen molar-refractivity contribution in [3.05, 3.63) is 53.6 Å². The maximum absolute atomic E-state index is 10.9. The lowest BCUT2D eigenvalue weighted by Gasteiger charge is -2.09. The van der Waals surface area contributed by atoms with Crippen LogP contribution >= 0.6 is 0 Å². The molecule has 0 fully saturated rings. The third-order valence-electron chi connectivity index (χ3n) is 3.39. The van der Waals surface area contributed by atoms with Crippen molar-refractivity contribution in [2.24, 2.45) is 5.73 Å². The summed E-state index contributed by atoms with van der Waals surface area (Å²) in [4.78, 5) is 10.9. The molecule has 0 saturated carbocycles. The third-order valence-corrected chi connectivity index (χ3v) is 3.39. The van der Waals surface area contributed by atoms with Crippen LogP contribution in [0.5, 0.6) is 5.75 Å². The van der Waals surface area contributed by atoms with E-state index in [0.29, 0.717) is 5.75 Å². The fraction of sp³-hybridized carbons (Fsp3) is 0.188. The standard InChI is InChI=1S/C16H15NO2/c1-10(18)9-19-11-6-7-13-12-4-2-3-5-14(12)16(17)15(13)8-11/h2-8,16H,9,17H2,1H3. The molecule has 96 valence electrons. The van der Waals surface area contributed by atoms with Crippen molar-refractivity contribution in [2.45, 2.75) is 13.0 Å². The summed E-state index contributed by atoms with van der Waals surface area (Å²) in [7, 11) is 0. The summed E-state index contributed by atoms with van der Waals surface area (Å²) in [6.45, 7) is 1.61. The zero-order chi connectivity index (χ0) is 13.4. The van der Waals surface area contributed by atoms with Gasteiger partial charge in [-0.25, -0.2) is 0 Å². The Morgan fingerprint density at radius 2 is 1.89 bits per heavy atom. The van der Waals surface area contributed by atoms with E-state index >= 15 is 0 Å². The Bertz CT molecular complexity index is 649. The summed E-state index contributed by atoms with van der Waals surface area (Å²) in [6, 6.07) is 13.9. The lowest BCUT2D eigenvalue weighted by molar-refractivity contribution is -0.118. The number of carbonyl (C=O) groups is 1. The number of rotatable bonds is 3. The van der Waals surface area contributed by atoms with E-state index in [2.05, 4.69) is 12.1 Å². The number of ether oxygens (including phenoxy) is 1. The Labute approximate surface area is 112 Å². The number of benzene rings is 2. The van der Waals surface area contributed by atoms with Gasteiger partial charge in [0.15, 0.2) is 5.78 Å². The number of fused-ring (bicyclic) bond motifs is 3. The van der Waals surface area contributed by atoms with E-state index in [1.807, 2.05) is 30.3 Å². The average molecular weight is 253 g/mol. The Kier molecular flexibility index (Phi) is 2.84. The lowest BCUT2D eigenvalue weighted by Crippen LogP contribution is -2.09. The topological polar surface area (TPSA) is 52.3 Å². The zero-order valence-corrected chi connectivity index (χ0v) is 10.7. The van der Waals surface area contributed by atoms with Crippen LogP contribution in [0.15, 0.2) is 42.5 Å². The van der Waals surface area contributed by atoms with E-state index in [9.17, 15) is 4.79 Å². The largest absolute Gasteiger partial charge is 0.486 e. The first-order valence-corrected chi connectivity index (χ1v) is 6.28. The molecule has 0 amide bonds. The molecule has 2 N–H and O–H groups in total. The zero-order valence-electron chi connectivity index (χ0n) is 10.7. The van der Waals surface area contributed by atoms with Gasteiger partial charge in [0.25, 0.3) is 0 Å². The summed E-state index contributed by atoms with van der Waals surface area (Å²) >= 11 is 0. The molecular formula is C16H15NO2. The number of carbonyl (C=O) groups excluding carboxylic acids is 1. The molecule has 0 spiro atoms. The van der Waals surface area contributed by atoms with Gasteiger partial charge in [-0.1, -0.05) is 30.3 Å². The molecule has 1 atom stereocenters. The number of hydrogen-bond donors (Lipinski definition) is 1. The Balaban J connectivity index is 1.98. The summed E-state index contributed by atoms with van der Waals surface area (Å²) < 4.78 is 5.43. The second-order valence-corrected chi connectivity index (χ2v) is 4.80. The van der Waals surface area contributed by atoms with Gasteiger partial charge < -0.3 is 10.5 Å². The van der Waals surface area contributed by atoms with Gasteiger partial charge in [0.2, 0.25) is 0 Å². The normalized spacial score (nSPS) is 15.8. The molecule has 1 aliphatic rings. The molecule has 3 nitrogen and oxygen atoms in total. The maximum atomic E-state index is 10.9. The molecule has 0 heterocycles. The first-order chi connectivity index (χ1) is 9.16. The van der Waals surface area contributed by atoms with Crippen LogP contribution in [0.4, 0.5) is 0 Å². The molecule has 3 heteroatoms. The van der Waals surface area contributed by atoms with E-state index in [4.69, 9.17) is 10.5 Å². The van der Waals surface area contributed by atoms with Crippen LogP contribution in [0, 0.1) is 0 Å². The van der Waals surface area contributed by atoms with Gasteiger partial charge in [-0.3, -0.25) is 4.79 Å². The second-order valence-electron chi connectivity index (χ2n) is 4.80. The van der Waals surface area contributed by atoms with E-state index in [0.717, 1.165) is 16.7 Å². The quantitative estimate of drug-likeness (QED) is 0.915. The molecule has 0 bridgehead atoms. The molecule has 2 aromatic carbocycles. The van der Waals surface area contributed by atoms with E-state index < -0.39 is 0 Å².